The minimum atomic E-state index is -0.417. The van der Waals surface area contributed by atoms with Crippen LogP contribution in [0.5, 0.6) is 11.5 Å². The molecule has 0 unspecified atom stereocenters. The highest BCUT2D eigenvalue weighted by Crippen LogP contribution is 2.35. The van der Waals surface area contributed by atoms with E-state index in [9.17, 15) is 14.3 Å². The van der Waals surface area contributed by atoms with Crippen LogP contribution in [0.25, 0.3) is 10.9 Å². The number of aliphatic hydroxyl groups excluding tert-OH is 1. The molecule has 0 saturated carbocycles. The van der Waals surface area contributed by atoms with Gasteiger partial charge in [0.25, 0.3) is 0 Å². The number of nitrogens with zero attached hydrogens (tertiary/aromatic N) is 3. The number of methoxy groups -OCH3 is 1. The summed E-state index contributed by atoms with van der Waals surface area (Å²) in [5.74, 6) is 0.953. The van der Waals surface area contributed by atoms with Gasteiger partial charge in [0.05, 0.1) is 32.3 Å². The van der Waals surface area contributed by atoms with Crippen LogP contribution in [-0.4, -0.2) is 58.4 Å². The highest BCUT2D eigenvalue weighted by Gasteiger charge is 2.16. The number of amides is 1. The van der Waals surface area contributed by atoms with Gasteiger partial charge in [0, 0.05) is 33.8 Å². The van der Waals surface area contributed by atoms with E-state index in [1.807, 2.05) is 13.8 Å². The lowest BCUT2D eigenvalue weighted by atomic mass is 10.1. The zero-order valence-corrected chi connectivity index (χ0v) is 22.8. The summed E-state index contributed by atoms with van der Waals surface area (Å²) in [5.41, 5.74) is 0.720. The minimum Gasteiger partial charge on any atom is -0.493 e. The lowest BCUT2D eigenvalue weighted by Crippen LogP contribution is -2.43. The van der Waals surface area contributed by atoms with Crippen molar-refractivity contribution < 1.29 is 23.8 Å². The van der Waals surface area contributed by atoms with Gasteiger partial charge < -0.3 is 30.5 Å². The molecule has 4 aromatic rings. The predicted molar refractivity (Wildman–Crippen MR) is 149 cm³/mol. The molecule has 0 spiro atoms. The molecule has 0 aliphatic rings. The number of hydrogen-bond acceptors (Lipinski definition) is 10. The van der Waals surface area contributed by atoms with E-state index in [0.717, 1.165) is 11.3 Å². The molecule has 0 aliphatic carbocycles. The van der Waals surface area contributed by atoms with E-state index < -0.39 is 5.82 Å². The van der Waals surface area contributed by atoms with Crippen LogP contribution in [0.2, 0.25) is 0 Å². The lowest BCUT2D eigenvalue weighted by molar-refractivity contribution is -0.115. The smallest absolute Gasteiger partial charge is 0.229 e. The van der Waals surface area contributed by atoms with E-state index in [4.69, 9.17) is 9.47 Å². The standard InChI is InChI=1S/C27H31FN6O4S/c1-27(2,15-35)32-8-5-9-38-23-13-21-20(12-22(23)37-3)25(31-16-30-21)34-26-29-14-19(39-26)11-24(36)33-18-7-4-6-17(28)10-18/h4,6-7,10,12-14,16,32,35H,5,8-9,11,15H2,1-3H3,(H,33,36)(H,29,30,31,34). The van der Waals surface area contributed by atoms with Gasteiger partial charge in [0.2, 0.25) is 5.91 Å². The highest BCUT2D eigenvalue weighted by molar-refractivity contribution is 7.15. The second-order valence-corrected chi connectivity index (χ2v) is 10.5. The maximum atomic E-state index is 13.4. The van der Waals surface area contributed by atoms with Crippen molar-refractivity contribution in [2.75, 3.05) is 37.5 Å². The second kappa shape index (κ2) is 12.8. The van der Waals surface area contributed by atoms with Crippen LogP contribution in [0.3, 0.4) is 0 Å². The molecule has 0 radical (unpaired) electrons. The fourth-order valence-corrected chi connectivity index (χ4v) is 4.46. The monoisotopic (exact) mass is 554 g/mol. The molecule has 0 bridgehead atoms. The molecule has 2 aromatic heterocycles. The molecule has 0 fully saturated rings. The average Bonchev–Trinajstić information content (AvgIpc) is 3.34. The molecule has 0 aliphatic heterocycles. The van der Waals surface area contributed by atoms with Gasteiger partial charge >= 0.3 is 0 Å². The summed E-state index contributed by atoms with van der Waals surface area (Å²) in [6, 6.07) is 9.35. The predicted octanol–water partition coefficient (Wildman–Crippen LogP) is 4.29. The van der Waals surface area contributed by atoms with Crippen molar-refractivity contribution in [2.45, 2.75) is 32.2 Å². The van der Waals surface area contributed by atoms with Gasteiger partial charge in [-0.15, -0.1) is 11.3 Å². The highest BCUT2D eigenvalue weighted by atomic mass is 32.1. The van der Waals surface area contributed by atoms with Crippen molar-refractivity contribution in [3.05, 3.63) is 59.6 Å². The Morgan fingerprint density at radius 3 is 2.77 bits per heavy atom. The molecular weight excluding hydrogens is 523 g/mol. The number of aliphatic hydroxyl groups is 1. The first-order valence-corrected chi connectivity index (χ1v) is 13.2. The Morgan fingerprint density at radius 2 is 2.00 bits per heavy atom. The molecule has 12 heteroatoms. The van der Waals surface area contributed by atoms with Crippen molar-refractivity contribution in [2.24, 2.45) is 0 Å². The third-order valence-electron chi connectivity index (χ3n) is 5.72. The number of ether oxygens (including phenoxy) is 2. The first-order chi connectivity index (χ1) is 18.8. The molecule has 2 heterocycles. The number of fused-ring (bicyclic) bond motifs is 1. The second-order valence-electron chi connectivity index (χ2n) is 9.41. The Hall–Kier alpha value is -3.87. The van der Waals surface area contributed by atoms with Crippen LogP contribution in [0.4, 0.5) is 21.0 Å². The van der Waals surface area contributed by atoms with Crippen LogP contribution < -0.4 is 25.4 Å². The zero-order valence-electron chi connectivity index (χ0n) is 22.0. The number of halogens is 1. The van der Waals surface area contributed by atoms with Crippen LogP contribution in [-0.2, 0) is 11.2 Å². The minimum absolute atomic E-state index is 0.0522. The summed E-state index contributed by atoms with van der Waals surface area (Å²) in [4.78, 5) is 26.2. The summed E-state index contributed by atoms with van der Waals surface area (Å²) in [7, 11) is 1.57. The first-order valence-electron chi connectivity index (χ1n) is 12.3. The molecule has 0 atom stereocenters. The molecule has 10 nitrogen and oxygen atoms in total. The average molecular weight is 555 g/mol. The fourth-order valence-electron chi connectivity index (χ4n) is 3.65. The van der Waals surface area contributed by atoms with Crippen molar-refractivity contribution in [1.29, 1.82) is 0 Å². The van der Waals surface area contributed by atoms with E-state index in [1.54, 1.807) is 31.5 Å². The topological polar surface area (TPSA) is 131 Å². The maximum absolute atomic E-state index is 13.4. The number of aromatic nitrogens is 3. The van der Waals surface area contributed by atoms with Gasteiger partial charge in [-0.05, 0) is 51.1 Å². The number of thiazole rings is 1. The van der Waals surface area contributed by atoms with Crippen LogP contribution >= 0.6 is 11.3 Å². The number of carbonyl (C=O) groups excluding carboxylic acids is 1. The lowest BCUT2D eigenvalue weighted by Gasteiger charge is -2.23. The summed E-state index contributed by atoms with van der Waals surface area (Å²) < 4.78 is 24.9. The number of rotatable bonds is 13. The Bertz CT molecular complexity index is 1430. The number of anilines is 3. The summed E-state index contributed by atoms with van der Waals surface area (Å²) in [5, 5.41) is 19.8. The molecule has 2 aromatic carbocycles. The third kappa shape index (κ3) is 7.82. The van der Waals surface area contributed by atoms with Crippen molar-refractivity contribution in [3.8, 4) is 11.5 Å². The third-order valence-corrected chi connectivity index (χ3v) is 6.63. The largest absolute Gasteiger partial charge is 0.493 e. The Morgan fingerprint density at radius 1 is 1.15 bits per heavy atom. The van der Waals surface area contributed by atoms with E-state index >= 15 is 0 Å². The van der Waals surface area contributed by atoms with Gasteiger partial charge in [-0.2, -0.15) is 0 Å². The Labute approximate surface area is 229 Å². The maximum Gasteiger partial charge on any atom is 0.229 e. The summed E-state index contributed by atoms with van der Waals surface area (Å²) in [6.45, 7) is 5.08. The molecular formula is C27H31FN6O4S. The Balaban J connectivity index is 1.40. The normalized spacial score (nSPS) is 11.4. The molecule has 4 N–H and O–H groups in total. The summed E-state index contributed by atoms with van der Waals surface area (Å²) >= 11 is 1.32. The van der Waals surface area contributed by atoms with Crippen LogP contribution in [0.15, 0.2) is 48.9 Å². The van der Waals surface area contributed by atoms with E-state index in [0.29, 0.717) is 52.2 Å². The number of benzene rings is 2. The van der Waals surface area contributed by atoms with Crippen molar-refractivity contribution >= 4 is 44.8 Å². The van der Waals surface area contributed by atoms with E-state index in [2.05, 4.69) is 30.9 Å². The first kappa shape index (κ1) is 28.1. The fraction of sp³-hybridized carbons (Fsp3) is 0.333. The quantitative estimate of drug-likeness (QED) is 0.179. The summed E-state index contributed by atoms with van der Waals surface area (Å²) in [6.07, 6.45) is 3.91. The number of hydrogen-bond donors (Lipinski definition) is 4. The Kier molecular flexibility index (Phi) is 9.23. The molecule has 0 saturated heterocycles. The molecule has 206 valence electrons. The SMILES string of the molecule is COc1cc2c(Nc3ncc(CC(=O)Nc4cccc(F)c4)s3)ncnc2cc1OCCCNC(C)(C)CO. The number of carbonyl (C=O) groups is 1. The van der Waals surface area contributed by atoms with Crippen LogP contribution in [0.1, 0.15) is 25.1 Å². The van der Waals surface area contributed by atoms with Gasteiger partial charge in [0.1, 0.15) is 18.0 Å². The number of nitrogens with one attached hydrogen (secondary N) is 3. The molecule has 39 heavy (non-hydrogen) atoms. The zero-order chi connectivity index (χ0) is 27.8. The van der Waals surface area contributed by atoms with Gasteiger partial charge in [-0.1, -0.05) is 6.07 Å². The molecule has 1 amide bonds. The van der Waals surface area contributed by atoms with Gasteiger partial charge in [-0.3, -0.25) is 4.79 Å². The van der Waals surface area contributed by atoms with Gasteiger partial charge in [0.15, 0.2) is 16.6 Å². The van der Waals surface area contributed by atoms with Gasteiger partial charge in [-0.25, -0.2) is 19.3 Å². The van der Waals surface area contributed by atoms with Crippen molar-refractivity contribution in [1.82, 2.24) is 20.3 Å². The van der Waals surface area contributed by atoms with E-state index in [1.165, 1.54) is 35.9 Å². The van der Waals surface area contributed by atoms with E-state index in [-0.39, 0.29) is 24.5 Å². The molecule has 4 rings (SSSR count). The van der Waals surface area contributed by atoms with Crippen molar-refractivity contribution in [3.63, 3.8) is 0 Å². The van der Waals surface area contributed by atoms with Crippen LogP contribution in [0, 0.1) is 5.82 Å².